The van der Waals surface area contributed by atoms with Gasteiger partial charge in [0.1, 0.15) is 5.75 Å². The van der Waals surface area contributed by atoms with Crippen molar-refractivity contribution in [1.82, 2.24) is 0 Å². The fourth-order valence-corrected chi connectivity index (χ4v) is 3.22. The van der Waals surface area contributed by atoms with Crippen LogP contribution in [-0.2, 0) is 0 Å². The van der Waals surface area contributed by atoms with E-state index in [1.54, 1.807) is 29.3 Å². The molecule has 0 aliphatic carbocycles. The van der Waals surface area contributed by atoms with Crippen molar-refractivity contribution in [3.05, 3.63) is 87.0 Å². The van der Waals surface area contributed by atoms with E-state index in [4.69, 9.17) is 0 Å². The van der Waals surface area contributed by atoms with Gasteiger partial charge in [-0.3, -0.25) is 0 Å². The molecule has 2 aromatic carbocycles. The van der Waals surface area contributed by atoms with E-state index in [-0.39, 0.29) is 5.75 Å². The van der Waals surface area contributed by atoms with Crippen molar-refractivity contribution in [2.24, 2.45) is 0 Å². The smallest absolute Gasteiger partial charge is 0.124 e. The minimum Gasteiger partial charge on any atom is -0.515 e. The van der Waals surface area contributed by atoms with Gasteiger partial charge in [-0.05, 0) is 51.5 Å². The zero-order chi connectivity index (χ0) is 17.7. The molecule has 0 radical (unpaired) electrons. The van der Waals surface area contributed by atoms with E-state index < -0.39 is 0 Å². The van der Waals surface area contributed by atoms with Gasteiger partial charge >= 0.3 is 0 Å². The van der Waals surface area contributed by atoms with E-state index >= 15 is 0 Å². The SMILES string of the molecule is C=Cc1cc(Br)ccc1/C(=C/O)c1c(O)ccc(/C=C/Br)c1C=C. The normalized spacial score (nSPS) is 11.7. The highest BCUT2D eigenvalue weighted by atomic mass is 79.9. The highest BCUT2D eigenvalue weighted by Gasteiger charge is 2.18. The first-order valence-corrected chi connectivity index (χ1v) is 8.80. The van der Waals surface area contributed by atoms with Crippen LogP contribution in [0.2, 0.25) is 0 Å². The van der Waals surface area contributed by atoms with Gasteiger partial charge in [0, 0.05) is 15.6 Å². The topological polar surface area (TPSA) is 40.5 Å². The van der Waals surface area contributed by atoms with Gasteiger partial charge in [-0.1, -0.05) is 69.3 Å². The second kappa shape index (κ2) is 8.18. The number of phenols is 1. The van der Waals surface area contributed by atoms with Gasteiger partial charge in [0.05, 0.1) is 6.26 Å². The van der Waals surface area contributed by atoms with E-state index in [1.165, 1.54) is 0 Å². The number of phenolic OH excluding ortho intramolecular Hbond substituents is 1. The molecule has 0 bridgehead atoms. The maximum Gasteiger partial charge on any atom is 0.124 e. The standard InChI is InChI=1S/C20H16Br2O2/c1-3-13-11-15(22)6-7-17(13)18(12-23)20-16(4-2)14(9-10-21)5-8-19(20)24/h3-12,23-24H,1-2H2/b10-9+,18-12-. The summed E-state index contributed by atoms with van der Waals surface area (Å²) in [5.74, 6) is 0.0647. The number of aliphatic hydroxyl groups excluding tert-OH is 1. The molecule has 0 saturated heterocycles. The van der Waals surface area contributed by atoms with Crippen LogP contribution in [0.4, 0.5) is 0 Å². The van der Waals surface area contributed by atoms with Crippen molar-refractivity contribution in [1.29, 1.82) is 0 Å². The Hall–Kier alpha value is -2.04. The Balaban J connectivity index is 2.80. The molecule has 0 heterocycles. The number of rotatable bonds is 5. The molecular formula is C20H16Br2O2. The van der Waals surface area contributed by atoms with Gasteiger partial charge < -0.3 is 10.2 Å². The highest BCUT2D eigenvalue weighted by Crippen LogP contribution is 2.38. The maximum absolute atomic E-state index is 10.4. The van der Waals surface area contributed by atoms with E-state index in [1.807, 2.05) is 24.3 Å². The first kappa shape index (κ1) is 18.3. The number of hydrogen-bond acceptors (Lipinski definition) is 2. The predicted molar refractivity (Wildman–Crippen MR) is 110 cm³/mol. The number of hydrogen-bond donors (Lipinski definition) is 2. The summed E-state index contributed by atoms with van der Waals surface area (Å²) in [6.45, 7) is 7.67. The lowest BCUT2D eigenvalue weighted by molar-refractivity contribution is 0.467. The zero-order valence-corrected chi connectivity index (χ0v) is 16.0. The summed E-state index contributed by atoms with van der Waals surface area (Å²) in [4.78, 5) is 1.73. The number of aliphatic hydroxyl groups is 1. The fraction of sp³-hybridized carbons (Fsp3) is 0. The van der Waals surface area contributed by atoms with Crippen molar-refractivity contribution < 1.29 is 10.2 Å². The van der Waals surface area contributed by atoms with Crippen LogP contribution < -0.4 is 0 Å². The zero-order valence-electron chi connectivity index (χ0n) is 12.8. The summed E-state index contributed by atoms with van der Waals surface area (Å²) >= 11 is 6.69. The van der Waals surface area contributed by atoms with Crippen molar-refractivity contribution in [3.63, 3.8) is 0 Å². The predicted octanol–water partition coefficient (Wildman–Crippen LogP) is 6.75. The molecule has 0 atom stereocenters. The third-order valence-corrected chi connectivity index (χ3v) is 4.38. The van der Waals surface area contributed by atoms with Crippen molar-refractivity contribution >= 4 is 55.7 Å². The number of halogens is 2. The molecule has 0 aliphatic heterocycles. The van der Waals surface area contributed by atoms with Crippen LogP contribution >= 0.6 is 31.9 Å². The second-order valence-corrected chi connectivity index (χ2v) is 6.38. The molecule has 2 N–H and O–H groups in total. The van der Waals surface area contributed by atoms with E-state index in [0.717, 1.165) is 33.0 Å². The van der Waals surface area contributed by atoms with E-state index in [9.17, 15) is 10.2 Å². The van der Waals surface area contributed by atoms with E-state index in [0.29, 0.717) is 11.1 Å². The molecule has 0 fully saturated rings. The van der Waals surface area contributed by atoms with Crippen LogP contribution in [0, 0.1) is 0 Å². The minimum absolute atomic E-state index is 0.0647. The van der Waals surface area contributed by atoms with Crippen molar-refractivity contribution in [3.8, 4) is 5.75 Å². The third kappa shape index (κ3) is 3.55. The molecule has 0 spiro atoms. The Morgan fingerprint density at radius 1 is 1.04 bits per heavy atom. The maximum atomic E-state index is 10.4. The van der Waals surface area contributed by atoms with Gasteiger partial charge in [-0.2, -0.15) is 0 Å². The van der Waals surface area contributed by atoms with Gasteiger partial charge in [-0.25, -0.2) is 0 Å². The Bertz CT molecular complexity index is 849. The summed E-state index contributed by atoms with van der Waals surface area (Å²) in [6, 6.07) is 9.03. The van der Waals surface area contributed by atoms with Crippen LogP contribution in [0.5, 0.6) is 5.75 Å². The lowest BCUT2D eigenvalue weighted by atomic mass is 9.89. The third-order valence-electron chi connectivity index (χ3n) is 3.63. The molecule has 2 aromatic rings. The van der Waals surface area contributed by atoms with Crippen LogP contribution in [0.25, 0.3) is 23.8 Å². The lowest BCUT2D eigenvalue weighted by Gasteiger charge is -2.16. The molecular weight excluding hydrogens is 432 g/mol. The highest BCUT2D eigenvalue weighted by molar-refractivity contribution is 9.11. The molecule has 2 rings (SSSR count). The molecule has 0 aliphatic rings. The Labute approximate surface area is 158 Å². The monoisotopic (exact) mass is 446 g/mol. The van der Waals surface area contributed by atoms with Gasteiger partial charge in [0.25, 0.3) is 0 Å². The molecule has 0 aromatic heterocycles. The molecule has 0 saturated carbocycles. The average molecular weight is 448 g/mol. The average Bonchev–Trinajstić information content (AvgIpc) is 2.59. The molecule has 4 heteroatoms. The van der Waals surface area contributed by atoms with Crippen LogP contribution in [0.15, 0.2) is 59.2 Å². The summed E-state index contributed by atoms with van der Waals surface area (Å²) in [7, 11) is 0. The summed E-state index contributed by atoms with van der Waals surface area (Å²) in [5, 5.41) is 20.3. The van der Waals surface area contributed by atoms with Crippen LogP contribution in [0.1, 0.15) is 27.8 Å². The van der Waals surface area contributed by atoms with Gasteiger partial charge in [-0.15, -0.1) is 0 Å². The summed E-state index contributed by atoms with van der Waals surface area (Å²) in [5.41, 5.74) is 4.19. The first-order valence-electron chi connectivity index (χ1n) is 7.09. The van der Waals surface area contributed by atoms with Crippen molar-refractivity contribution in [2.45, 2.75) is 0 Å². The van der Waals surface area contributed by atoms with Crippen LogP contribution in [0.3, 0.4) is 0 Å². The van der Waals surface area contributed by atoms with E-state index in [2.05, 4.69) is 45.0 Å². The molecule has 122 valence electrons. The quantitative estimate of drug-likeness (QED) is 0.497. The number of benzene rings is 2. The molecule has 0 amide bonds. The number of aromatic hydroxyl groups is 1. The Kier molecular flexibility index (Phi) is 6.23. The van der Waals surface area contributed by atoms with Crippen LogP contribution in [-0.4, -0.2) is 10.2 Å². The second-order valence-electron chi connectivity index (χ2n) is 4.94. The summed E-state index contributed by atoms with van der Waals surface area (Å²) in [6.07, 6.45) is 6.22. The first-order chi connectivity index (χ1) is 11.6. The van der Waals surface area contributed by atoms with Crippen molar-refractivity contribution in [2.75, 3.05) is 0 Å². The molecule has 2 nitrogen and oxygen atoms in total. The largest absolute Gasteiger partial charge is 0.515 e. The Morgan fingerprint density at radius 2 is 1.79 bits per heavy atom. The Morgan fingerprint density at radius 3 is 2.38 bits per heavy atom. The molecule has 0 unspecified atom stereocenters. The molecule has 24 heavy (non-hydrogen) atoms. The minimum atomic E-state index is 0.0647. The van der Waals surface area contributed by atoms with Gasteiger partial charge in [0.15, 0.2) is 0 Å². The lowest BCUT2D eigenvalue weighted by Crippen LogP contribution is -1.97. The van der Waals surface area contributed by atoms with Gasteiger partial charge in [0.2, 0.25) is 0 Å². The summed E-state index contributed by atoms with van der Waals surface area (Å²) < 4.78 is 0.905. The fourth-order valence-electron chi connectivity index (χ4n) is 2.56.